The van der Waals surface area contributed by atoms with Gasteiger partial charge in [-0.3, -0.25) is 0 Å². The van der Waals surface area contributed by atoms with Gasteiger partial charge in [-0.05, 0) is 56.0 Å². The lowest BCUT2D eigenvalue weighted by molar-refractivity contribution is 0.212. The largest absolute Gasteiger partial charge is 0.484 e. The number of nitrogens with two attached hydrogens (primary N) is 1. The summed E-state index contributed by atoms with van der Waals surface area (Å²) in [6.07, 6.45) is -0.102. The smallest absolute Gasteiger partial charge is 0.136 e. The molecule has 0 radical (unpaired) electrons. The van der Waals surface area contributed by atoms with Gasteiger partial charge in [-0.2, -0.15) is 0 Å². The maximum atomic E-state index is 6.17. The van der Waals surface area contributed by atoms with Crippen molar-refractivity contribution < 1.29 is 4.74 Å². The van der Waals surface area contributed by atoms with Crippen LogP contribution in [-0.2, 0) is 0 Å². The molecule has 2 aromatic carbocycles. The molecule has 2 nitrogen and oxygen atoms in total. The topological polar surface area (TPSA) is 35.2 Å². The standard InChI is InChI=1S/C18H23NO/c1-12-6-5-7-16(9-12)18(11-19)20-17-10-13(2)8-14(3)15(17)4/h5-10,18H,11,19H2,1-4H3. The zero-order valence-corrected chi connectivity index (χ0v) is 12.7. The van der Waals surface area contributed by atoms with Crippen LogP contribution < -0.4 is 10.5 Å². The van der Waals surface area contributed by atoms with Crippen LogP contribution in [-0.4, -0.2) is 6.54 Å². The predicted octanol–water partition coefficient (Wildman–Crippen LogP) is 4.00. The maximum absolute atomic E-state index is 6.17. The second-order valence-electron chi connectivity index (χ2n) is 5.46. The fourth-order valence-electron chi connectivity index (χ4n) is 2.40. The lowest BCUT2D eigenvalue weighted by Gasteiger charge is -2.21. The number of benzene rings is 2. The van der Waals surface area contributed by atoms with Crippen molar-refractivity contribution in [3.05, 3.63) is 64.2 Å². The minimum Gasteiger partial charge on any atom is -0.484 e. The van der Waals surface area contributed by atoms with Gasteiger partial charge < -0.3 is 10.5 Å². The Morgan fingerprint density at radius 1 is 1.00 bits per heavy atom. The molecule has 2 aromatic rings. The second-order valence-corrected chi connectivity index (χ2v) is 5.46. The first kappa shape index (κ1) is 14.6. The van der Waals surface area contributed by atoms with E-state index in [2.05, 4.69) is 58.0 Å². The quantitative estimate of drug-likeness (QED) is 0.910. The molecule has 0 saturated heterocycles. The van der Waals surface area contributed by atoms with Gasteiger partial charge in [0.15, 0.2) is 0 Å². The van der Waals surface area contributed by atoms with Crippen LogP contribution in [0.1, 0.15) is 33.9 Å². The molecular formula is C18H23NO. The van der Waals surface area contributed by atoms with Gasteiger partial charge in [0, 0.05) is 6.54 Å². The Morgan fingerprint density at radius 2 is 1.75 bits per heavy atom. The zero-order valence-electron chi connectivity index (χ0n) is 12.7. The highest BCUT2D eigenvalue weighted by Crippen LogP contribution is 2.28. The highest BCUT2D eigenvalue weighted by molar-refractivity contribution is 5.42. The van der Waals surface area contributed by atoms with Crippen molar-refractivity contribution in [2.45, 2.75) is 33.8 Å². The molecule has 1 atom stereocenters. The van der Waals surface area contributed by atoms with E-state index in [1.165, 1.54) is 22.3 Å². The van der Waals surface area contributed by atoms with Crippen molar-refractivity contribution >= 4 is 0 Å². The first-order valence-electron chi connectivity index (χ1n) is 7.02. The van der Waals surface area contributed by atoms with E-state index in [4.69, 9.17) is 10.5 Å². The second kappa shape index (κ2) is 6.10. The normalized spacial score (nSPS) is 12.2. The molecule has 0 aromatic heterocycles. The van der Waals surface area contributed by atoms with Gasteiger partial charge in [-0.1, -0.05) is 35.9 Å². The van der Waals surface area contributed by atoms with Crippen molar-refractivity contribution in [2.75, 3.05) is 6.54 Å². The Morgan fingerprint density at radius 3 is 2.40 bits per heavy atom. The van der Waals surface area contributed by atoms with Crippen LogP contribution in [0.5, 0.6) is 5.75 Å². The van der Waals surface area contributed by atoms with Crippen molar-refractivity contribution in [3.63, 3.8) is 0 Å². The third-order valence-corrected chi connectivity index (χ3v) is 3.66. The number of ether oxygens (including phenoxy) is 1. The third-order valence-electron chi connectivity index (χ3n) is 3.66. The Hall–Kier alpha value is -1.80. The van der Waals surface area contributed by atoms with Crippen LogP contribution in [0, 0.1) is 27.7 Å². The lowest BCUT2D eigenvalue weighted by Crippen LogP contribution is -2.19. The first-order valence-corrected chi connectivity index (χ1v) is 7.02. The molecule has 0 saturated carbocycles. The molecule has 0 bridgehead atoms. The molecule has 0 heterocycles. The van der Waals surface area contributed by atoms with Gasteiger partial charge in [-0.25, -0.2) is 0 Å². The molecule has 2 rings (SSSR count). The molecule has 0 spiro atoms. The zero-order chi connectivity index (χ0) is 14.7. The van der Waals surface area contributed by atoms with Crippen LogP contribution in [0.3, 0.4) is 0 Å². The van der Waals surface area contributed by atoms with Crippen LogP contribution in [0.25, 0.3) is 0 Å². The van der Waals surface area contributed by atoms with Gasteiger partial charge >= 0.3 is 0 Å². The summed E-state index contributed by atoms with van der Waals surface area (Å²) >= 11 is 0. The summed E-state index contributed by atoms with van der Waals surface area (Å²) in [6, 6.07) is 12.6. The van der Waals surface area contributed by atoms with E-state index < -0.39 is 0 Å². The SMILES string of the molecule is Cc1cccc(C(CN)Oc2cc(C)cc(C)c2C)c1. The van der Waals surface area contributed by atoms with Crippen LogP contribution in [0.4, 0.5) is 0 Å². The average molecular weight is 269 g/mol. The monoisotopic (exact) mass is 269 g/mol. The molecule has 20 heavy (non-hydrogen) atoms. The van der Waals surface area contributed by atoms with E-state index in [1.54, 1.807) is 0 Å². The summed E-state index contributed by atoms with van der Waals surface area (Å²) in [5.41, 5.74) is 11.9. The fourth-order valence-corrected chi connectivity index (χ4v) is 2.40. The summed E-state index contributed by atoms with van der Waals surface area (Å²) in [5, 5.41) is 0. The van der Waals surface area contributed by atoms with Crippen LogP contribution >= 0.6 is 0 Å². The van der Waals surface area contributed by atoms with Gasteiger partial charge in [-0.15, -0.1) is 0 Å². The minimum atomic E-state index is -0.102. The Bertz CT molecular complexity index is 604. The van der Waals surface area contributed by atoms with E-state index in [1.807, 2.05) is 6.07 Å². The van der Waals surface area contributed by atoms with E-state index in [9.17, 15) is 0 Å². The molecule has 2 N–H and O–H groups in total. The molecule has 0 aliphatic heterocycles. The van der Waals surface area contributed by atoms with Gasteiger partial charge in [0.25, 0.3) is 0 Å². The predicted molar refractivity (Wildman–Crippen MR) is 84.3 cm³/mol. The molecule has 106 valence electrons. The molecule has 0 fully saturated rings. The molecule has 2 heteroatoms. The highest BCUT2D eigenvalue weighted by Gasteiger charge is 2.14. The molecule has 0 aliphatic rings. The number of aryl methyl sites for hydroxylation is 3. The van der Waals surface area contributed by atoms with Crippen LogP contribution in [0.15, 0.2) is 36.4 Å². The summed E-state index contributed by atoms with van der Waals surface area (Å²) < 4.78 is 6.17. The lowest BCUT2D eigenvalue weighted by atomic mass is 10.0. The number of hydrogen-bond acceptors (Lipinski definition) is 2. The first-order chi connectivity index (χ1) is 9.51. The molecule has 0 aliphatic carbocycles. The fraction of sp³-hybridized carbons (Fsp3) is 0.333. The van der Waals surface area contributed by atoms with Crippen molar-refractivity contribution in [1.82, 2.24) is 0 Å². The number of hydrogen-bond donors (Lipinski definition) is 1. The Labute approximate surface area is 121 Å². The van der Waals surface area contributed by atoms with Gasteiger partial charge in [0.05, 0.1) is 0 Å². The third kappa shape index (κ3) is 3.20. The maximum Gasteiger partial charge on any atom is 0.136 e. The van der Waals surface area contributed by atoms with E-state index in [-0.39, 0.29) is 6.10 Å². The Kier molecular flexibility index (Phi) is 4.46. The number of rotatable bonds is 4. The highest BCUT2D eigenvalue weighted by atomic mass is 16.5. The van der Waals surface area contributed by atoms with E-state index in [0.717, 1.165) is 11.3 Å². The average Bonchev–Trinajstić information content (AvgIpc) is 2.41. The van der Waals surface area contributed by atoms with Gasteiger partial charge in [0.2, 0.25) is 0 Å². The molecular weight excluding hydrogens is 246 g/mol. The summed E-state index contributed by atoms with van der Waals surface area (Å²) in [7, 11) is 0. The molecule has 1 unspecified atom stereocenters. The Balaban J connectivity index is 2.31. The van der Waals surface area contributed by atoms with E-state index in [0.29, 0.717) is 6.54 Å². The van der Waals surface area contributed by atoms with Crippen molar-refractivity contribution in [3.8, 4) is 5.75 Å². The summed E-state index contributed by atoms with van der Waals surface area (Å²) in [6.45, 7) is 8.84. The van der Waals surface area contributed by atoms with Crippen molar-refractivity contribution in [2.24, 2.45) is 5.73 Å². The molecule has 0 amide bonds. The van der Waals surface area contributed by atoms with Crippen molar-refractivity contribution in [1.29, 1.82) is 0 Å². The summed E-state index contributed by atoms with van der Waals surface area (Å²) in [5.74, 6) is 0.930. The van der Waals surface area contributed by atoms with Crippen LogP contribution in [0.2, 0.25) is 0 Å². The minimum absolute atomic E-state index is 0.102. The van der Waals surface area contributed by atoms with Gasteiger partial charge in [0.1, 0.15) is 11.9 Å². The van der Waals surface area contributed by atoms with E-state index >= 15 is 0 Å². The summed E-state index contributed by atoms with van der Waals surface area (Å²) in [4.78, 5) is 0.